The van der Waals surface area contributed by atoms with Gasteiger partial charge in [-0.2, -0.15) is 8.42 Å². The Morgan fingerprint density at radius 1 is 1.60 bits per heavy atom. The molecule has 1 aliphatic carbocycles. The van der Waals surface area contributed by atoms with E-state index in [1.807, 2.05) is 6.92 Å². The highest BCUT2D eigenvalue weighted by atomic mass is 33.1. The maximum Gasteiger partial charge on any atom is 0.320 e. The van der Waals surface area contributed by atoms with Crippen LogP contribution in [-0.4, -0.2) is 30.5 Å². The van der Waals surface area contributed by atoms with Crippen molar-refractivity contribution in [2.24, 2.45) is 5.16 Å². The Labute approximate surface area is 93.4 Å². The maximum atomic E-state index is 10.7. The quantitative estimate of drug-likeness (QED) is 0.470. The van der Waals surface area contributed by atoms with Gasteiger partial charge in [-0.05, 0) is 26.2 Å². The number of nitrogens with zero attached hydrogens (tertiary/aromatic N) is 1. The Bertz CT molecular complexity index is 326. The van der Waals surface area contributed by atoms with Crippen LogP contribution in [0.15, 0.2) is 5.16 Å². The predicted octanol–water partition coefficient (Wildman–Crippen LogP) is 1.86. The summed E-state index contributed by atoms with van der Waals surface area (Å²) in [4.78, 5) is 4.92. The van der Waals surface area contributed by atoms with E-state index in [2.05, 4.69) is 5.16 Å². The fraction of sp³-hybridized carbons (Fsp3) is 0.875. The molecule has 1 aliphatic rings. The molecule has 0 aliphatic heterocycles. The summed E-state index contributed by atoms with van der Waals surface area (Å²) in [7, 11) is -3.45. The fourth-order valence-corrected chi connectivity index (χ4v) is 3.80. The molecule has 1 saturated carbocycles. The van der Waals surface area contributed by atoms with Crippen molar-refractivity contribution in [2.45, 2.75) is 37.9 Å². The van der Waals surface area contributed by atoms with Crippen LogP contribution in [0, 0.1) is 0 Å². The Morgan fingerprint density at radius 3 is 2.93 bits per heavy atom. The van der Waals surface area contributed by atoms with Crippen molar-refractivity contribution in [3.8, 4) is 0 Å². The van der Waals surface area contributed by atoms with E-state index in [0.29, 0.717) is 17.4 Å². The van der Waals surface area contributed by atoms with E-state index in [9.17, 15) is 8.42 Å². The number of rotatable bonds is 4. The Hall–Kier alpha value is -0.270. The Kier molecular flexibility index (Phi) is 4.88. The van der Waals surface area contributed by atoms with Gasteiger partial charge in [0.1, 0.15) is 6.61 Å². The van der Waals surface area contributed by atoms with Crippen molar-refractivity contribution in [3.63, 3.8) is 0 Å². The molecule has 0 heterocycles. The first kappa shape index (κ1) is 12.8. The molecule has 0 radical (unpaired) electrons. The van der Waals surface area contributed by atoms with Crippen LogP contribution in [0.2, 0.25) is 0 Å². The molecule has 1 atom stereocenters. The molecule has 0 unspecified atom stereocenters. The zero-order chi connectivity index (χ0) is 11.3. The van der Waals surface area contributed by atoms with Gasteiger partial charge in [-0.25, -0.2) is 0 Å². The van der Waals surface area contributed by atoms with Crippen LogP contribution >= 0.6 is 10.8 Å². The molecule has 0 aromatic rings. The first-order valence-electron chi connectivity index (χ1n) is 4.87. The van der Waals surface area contributed by atoms with Gasteiger partial charge in [0.2, 0.25) is 0 Å². The van der Waals surface area contributed by atoms with Gasteiger partial charge >= 0.3 is 9.15 Å². The molecular weight excluding hydrogens is 238 g/mol. The van der Waals surface area contributed by atoms with Gasteiger partial charge in [-0.15, -0.1) is 0 Å². The van der Waals surface area contributed by atoms with E-state index < -0.39 is 9.15 Å². The van der Waals surface area contributed by atoms with E-state index in [0.717, 1.165) is 31.4 Å². The van der Waals surface area contributed by atoms with Gasteiger partial charge in [0.05, 0.1) is 11.0 Å². The second-order valence-corrected chi connectivity index (χ2v) is 6.72. The Morgan fingerprint density at radius 2 is 2.33 bits per heavy atom. The number of hydrogen-bond donors (Lipinski definition) is 1. The van der Waals surface area contributed by atoms with Gasteiger partial charge in [0, 0.05) is 10.8 Å². The highest BCUT2D eigenvalue weighted by Gasteiger charge is 2.26. The predicted molar refractivity (Wildman–Crippen MR) is 60.5 cm³/mol. The van der Waals surface area contributed by atoms with Crippen molar-refractivity contribution in [2.75, 3.05) is 6.61 Å². The second kappa shape index (κ2) is 5.72. The monoisotopic (exact) mass is 253 g/mol. The molecule has 5 nitrogen and oxygen atoms in total. The van der Waals surface area contributed by atoms with Crippen molar-refractivity contribution < 1.29 is 17.8 Å². The van der Waals surface area contributed by atoms with Gasteiger partial charge in [0.15, 0.2) is 0 Å². The van der Waals surface area contributed by atoms with E-state index >= 15 is 0 Å². The third-order valence-corrected chi connectivity index (χ3v) is 4.48. The van der Waals surface area contributed by atoms with E-state index in [4.69, 9.17) is 9.39 Å². The third-order valence-electron chi connectivity index (χ3n) is 2.07. The minimum absolute atomic E-state index is 0.264. The first-order valence-corrected chi connectivity index (χ1v) is 7.71. The summed E-state index contributed by atoms with van der Waals surface area (Å²) in [5.41, 5.74) is 0.728. The van der Waals surface area contributed by atoms with Crippen molar-refractivity contribution in [3.05, 3.63) is 0 Å². The topological polar surface area (TPSA) is 76.0 Å². The highest BCUT2D eigenvalue weighted by molar-refractivity contribution is 8.70. The average Bonchev–Trinajstić information content (AvgIpc) is 2.14. The molecule has 0 aromatic carbocycles. The summed E-state index contributed by atoms with van der Waals surface area (Å²) in [5.74, 6) is 0. The molecule has 7 heteroatoms. The third kappa shape index (κ3) is 4.85. The van der Waals surface area contributed by atoms with Crippen LogP contribution in [0.4, 0.5) is 0 Å². The van der Waals surface area contributed by atoms with E-state index in [-0.39, 0.29) is 5.25 Å². The van der Waals surface area contributed by atoms with Crippen LogP contribution in [-0.2, 0) is 14.0 Å². The second-order valence-electron chi connectivity index (χ2n) is 3.26. The SMILES string of the molecule is CCO/N=C1\CCCC[C@@H]1SS(=O)(=O)O. The molecule has 1 N–H and O–H groups in total. The smallest absolute Gasteiger partial charge is 0.320 e. The van der Waals surface area contributed by atoms with Crippen LogP contribution in [0.1, 0.15) is 32.6 Å². The lowest BCUT2D eigenvalue weighted by Gasteiger charge is -2.21. The van der Waals surface area contributed by atoms with Crippen molar-refractivity contribution in [1.82, 2.24) is 0 Å². The summed E-state index contributed by atoms with van der Waals surface area (Å²) in [6.07, 6.45) is 3.41. The molecule has 0 amide bonds. The molecule has 0 saturated heterocycles. The lowest BCUT2D eigenvalue weighted by atomic mass is 9.98. The zero-order valence-corrected chi connectivity index (χ0v) is 10.2. The van der Waals surface area contributed by atoms with Crippen LogP contribution in [0.3, 0.4) is 0 Å². The zero-order valence-electron chi connectivity index (χ0n) is 8.55. The van der Waals surface area contributed by atoms with Crippen LogP contribution in [0.25, 0.3) is 0 Å². The Balaban J connectivity index is 2.66. The normalized spacial score (nSPS) is 25.5. The summed E-state index contributed by atoms with van der Waals surface area (Å²) in [5, 5.41) is 3.62. The lowest BCUT2D eigenvalue weighted by molar-refractivity contribution is 0.157. The number of hydrogen-bond acceptors (Lipinski definition) is 5. The maximum absolute atomic E-state index is 10.7. The van der Waals surface area contributed by atoms with Gasteiger partial charge in [-0.3, -0.25) is 4.55 Å². The van der Waals surface area contributed by atoms with Crippen LogP contribution < -0.4 is 0 Å². The lowest BCUT2D eigenvalue weighted by Crippen LogP contribution is -2.23. The van der Waals surface area contributed by atoms with E-state index in [1.54, 1.807) is 0 Å². The van der Waals surface area contributed by atoms with Gasteiger partial charge in [0.25, 0.3) is 0 Å². The van der Waals surface area contributed by atoms with Crippen molar-refractivity contribution in [1.29, 1.82) is 0 Å². The molecule has 1 fully saturated rings. The minimum atomic E-state index is -4.00. The highest BCUT2D eigenvalue weighted by Crippen LogP contribution is 2.29. The first-order chi connectivity index (χ1) is 7.03. The summed E-state index contributed by atoms with van der Waals surface area (Å²) in [6.45, 7) is 2.28. The van der Waals surface area contributed by atoms with Gasteiger partial charge in [-0.1, -0.05) is 11.6 Å². The molecule has 15 heavy (non-hydrogen) atoms. The largest absolute Gasteiger partial charge is 0.396 e. The molecule has 1 rings (SSSR count). The van der Waals surface area contributed by atoms with E-state index in [1.165, 1.54) is 0 Å². The minimum Gasteiger partial charge on any atom is -0.396 e. The molecule has 88 valence electrons. The van der Waals surface area contributed by atoms with Crippen LogP contribution in [0.5, 0.6) is 0 Å². The average molecular weight is 253 g/mol. The standard InChI is InChI=1S/C8H15NO4S2/c1-2-13-9-7-5-3-4-6-8(7)14-15(10,11)12/h8H,2-6H2,1H3,(H,10,11,12)/b9-7+/t8-/m0/s1. The summed E-state index contributed by atoms with van der Waals surface area (Å²) < 4.78 is 30.2. The molecule has 0 spiro atoms. The molecular formula is C8H15NO4S2. The number of oxime groups is 1. The van der Waals surface area contributed by atoms with Crippen molar-refractivity contribution >= 4 is 25.7 Å². The summed E-state index contributed by atoms with van der Waals surface area (Å²) in [6, 6.07) is 0. The fourth-order valence-electron chi connectivity index (χ4n) is 1.47. The molecule has 0 bridgehead atoms. The summed E-state index contributed by atoms with van der Waals surface area (Å²) >= 11 is 0. The molecule has 0 aromatic heterocycles. The van der Waals surface area contributed by atoms with Gasteiger partial charge < -0.3 is 4.84 Å².